The Balaban J connectivity index is 1.25. The van der Waals surface area contributed by atoms with Crippen molar-refractivity contribution in [3.63, 3.8) is 0 Å². The van der Waals surface area contributed by atoms with Gasteiger partial charge >= 0.3 is 0 Å². The Labute approximate surface area is 187 Å². The number of pyridine rings is 2. The Morgan fingerprint density at radius 1 is 1.25 bits per heavy atom. The zero-order valence-corrected chi connectivity index (χ0v) is 18.3. The van der Waals surface area contributed by atoms with Crippen molar-refractivity contribution in [3.05, 3.63) is 53.5 Å². The van der Waals surface area contributed by atoms with Gasteiger partial charge in [-0.15, -0.1) is 0 Å². The highest BCUT2D eigenvalue weighted by atomic mass is 16.2. The molecule has 0 saturated carbocycles. The molecule has 8 nitrogen and oxygen atoms in total. The van der Waals surface area contributed by atoms with Crippen molar-refractivity contribution in [1.82, 2.24) is 20.2 Å². The lowest BCUT2D eigenvalue weighted by atomic mass is 9.93. The van der Waals surface area contributed by atoms with Crippen molar-refractivity contribution >= 4 is 23.4 Å². The van der Waals surface area contributed by atoms with Crippen LogP contribution in [-0.4, -0.2) is 52.1 Å². The summed E-state index contributed by atoms with van der Waals surface area (Å²) in [4.78, 5) is 47.1. The quantitative estimate of drug-likeness (QED) is 0.615. The highest BCUT2D eigenvalue weighted by Crippen LogP contribution is 2.24. The number of aryl methyl sites for hydroxylation is 1. The van der Waals surface area contributed by atoms with Gasteiger partial charge in [-0.3, -0.25) is 19.4 Å². The van der Waals surface area contributed by atoms with Gasteiger partial charge in [0, 0.05) is 44.1 Å². The monoisotopic (exact) mass is 435 g/mol. The number of nitrogens with one attached hydrogen (secondary N) is 2. The first-order valence-electron chi connectivity index (χ1n) is 11.2. The summed E-state index contributed by atoms with van der Waals surface area (Å²) in [5.74, 6) is 0.744. The number of anilines is 1. The number of likely N-dealkylation sites (tertiary alicyclic amines) is 1. The molecule has 1 unspecified atom stereocenters. The molecule has 168 valence electrons. The molecule has 1 saturated heterocycles. The Bertz CT molecular complexity index is 988. The molecule has 2 aromatic rings. The lowest BCUT2D eigenvalue weighted by molar-refractivity contribution is -0.141. The number of ketones is 1. The summed E-state index contributed by atoms with van der Waals surface area (Å²) in [6, 6.07) is 7.32. The Morgan fingerprint density at radius 2 is 2.09 bits per heavy atom. The minimum atomic E-state index is -0.477. The summed E-state index contributed by atoms with van der Waals surface area (Å²) in [5, 5.41) is 6.17. The summed E-state index contributed by atoms with van der Waals surface area (Å²) < 4.78 is 0. The van der Waals surface area contributed by atoms with Crippen molar-refractivity contribution in [2.24, 2.45) is 5.92 Å². The highest BCUT2D eigenvalue weighted by molar-refractivity contribution is 5.97. The molecule has 2 amide bonds. The maximum atomic E-state index is 12.5. The van der Waals surface area contributed by atoms with Gasteiger partial charge in [-0.25, -0.2) is 4.98 Å². The molecule has 0 bridgehead atoms. The molecular formula is C24H29N5O3. The number of hydrogen-bond donors (Lipinski definition) is 2. The van der Waals surface area contributed by atoms with Crippen LogP contribution in [0.4, 0.5) is 5.82 Å². The van der Waals surface area contributed by atoms with Gasteiger partial charge in [0.15, 0.2) is 0 Å². The molecule has 0 radical (unpaired) electrons. The molecule has 0 aromatic carbocycles. The average molecular weight is 436 g/mol. The molecule has 8 heteroatoms. The van der Waals surface area contributed by atoms with Crippen LogP contribution in [0.25, 0.3) is 0 Å². The summed E-state index contributed by atoms with van der Waals surface area (Å²) in [6.07, 6.45) is 6.24. The number of hydrogen-bond acceptors (Lipinski definition) is 6. The molecule has 1 fully saturated rings. The van der Waals surface area contributed by atoms with Gasteiger partial charge in [-0.05, 0) is 55.4 Å². The first kappa shape index (κ1) is 21.9. The first-order valence-corrected chi connectivity index (χ1v) is 11.2. The molecule has 2 aliphatic rings. The summed E-state index contributed by atoms with van der Waals surface area (Å²) >= 11 is 0. The standard InChI is InChI=1S/C24H29N5O3/c1-16(30)10-21(19-5-2-8-25-13-19)28-22(31)12-23(32)29-14-17(15-29)11-20-7-6-18-4-3-9-26-24(18)27-20/h2,5-8,13,17,21H,3-4,9-12,14-15H2,1H3,(H,26,27)(H,28,31). The van der Waals surface area contributed by atoms with Crippen LogP contribution >= 0.6 is 0 Å². The van der Waals surface area contributed by atoms with Crippen LogP contribution in [0, 0.1) is 5.92 Å². The van der Waals surface area contributed by atoms with Crippen molar-refractivity contribution in [2.75, 3.05) is 25.0 Å². The van der Waals surface area contributed by atoms with E-state index in [1.165, 1.54) is 12.5 Å². The Kier molecular flexibility index (Phi) is 6.78. The fourth-order valence-electron chi connectivity index (χ4n) is 4.30. The van der Waals surface area contributed by atoms with Gasteiger partial charge in [-0.1, -0.05) is 12.1 Å². The van der Waals surface area contributed by atoms with Gasteiger partial charge in [0.05, 0.1) is 6.04 Å². The van der Waals surface area contributed by atoms with E-state index in [1.807, 2.05) is 6.07 Å². The van der Waals surface area contributed by atoms with Gasteiger partial charge in [0.25, 0.3) is 0 Å². The van der Waals surface area contributed by atoms with Gasteiger partial charge in [-0.2, -0.15) is 0 Å². The van der Waals surface area contributed by atoms with E-state index >= 15 is 0 Å². The summed E-state index contributed by atoms with van der Waals surface area (Å²) in [5.41, 5.74) is 3.06. The molecule has 4 rings (SSSR count). The smallest absolute Gasteiger partial charge is 0.232 e. The van der Waals surface area contributed by atoms with E-state index in [0.29, 0.717) is 19.0 Å². The van der Waals surface area contributed by atoms with Crippen molar-refractivity contribution < 1.29 is 14.4 Å². The van der Waals surface area contributed by atoms with E-state index in [0.717, 1.165) is 42.9 Å². The van der Waals surface area contributed by atoms with Crippen LogP contribution in [0.2, 0.25) is 0 Å². The van der Waals surface area contributed by atoms with E-state index in [9.17, 15) is 14.4 Å². The second-order valence-electron chi connectivity index (χ2n) is 8.70. The second-order valence-corrected chi connectivity index (χ2v) is 8.70. The normalized spacial score (nSPS) is 16.3. The molecule has 32 heavy (non-hydrogen) atoms. The molecule has 2 aliphatic heterocycles. The zero-order valence-electron chi connectivity index (χ0n) is 18.3. The third kappa shape index (κ3) is 5.49. The van der Waals surface area contributed by atoms with Crippen LogP contribution in [-0.2, 0) is 27.2 Å². The van der Waals surface area contributed by atoms with Gasteiger partial charge in [0.1, 0.15) is 18.0 Å². The predicted octanol–water partition coefficient (Wildman–Crippen LogP) is 2.06. The summed E-state index contributed by atoms with van der Waals surface area (Å²) in [7, 11) is 0. The molecule has 2 N–H and O–H groups in total. The lowest BCUT2D eigenvalue weighted by Crippen LogP contribution is -2.51. The number of amides is 2. The number of nitrogens with zero attached hydrogens (tertiary/aromatic N) is 3. The molecule has 2 aromatic heterocycles. The largest absolute Gasteiger partial charge is 0.370 e. The van der Waals surface area contributed by atoms with E-state index in [-0.39, 0.29) is 30.4 Å². The van der Waals surface area contributed by atoms with Crippen molar-refractivity contribution in [1.29, 1.82) is 0 Å². The number of aromatic nitrogens is 2. The topological polar surface area (TPSA) is 104 Å². The molecule has 4 heterocycles. The van der Waals surface area contributed by atoms with Crippen molar-refractivity contribution in [2.45, 2.75) is 45.1 Å². The van der Waals surface area contributed by atoms with Gasteiger partial charge in [0.2, 0.25) is 11.8 Å². The minimum absolute atomic E-state index is 0.0398. The molecule has 0 aliphatic carbocycles. The van der Waals surface area contributed by atoms with E-state index in [4.69, 9.17) is 4.98 Å². The first-order chi connectivity index (χ1) is 15.5. The van der Waals surface area contributed by atoms with Crippen LogP contribution in [0.3, 0.4) is 0 Å². The molecule has 1 atom stereocenters. The SMILES string of the molecule is CC(=O)CC(NC(=O)CC(=O)N1CC(Cc2ccc3c(n2)NCCC3)C1)c1cccnc1. The maximum absolute atomic E-state index is 12.5. The fourth-order valence-corrected chi connectivity index (χ4v) is 4.30. The van der Waals surface area contributed by atoms with Crippen LogP contribution in [0.15, 0.2) is 36.7 Å². The third-order valence-electron chi connectivity index (χ3n) is 5.98. The Hall–Kier alpha value is -3.29. The minimum Gasteiger partial charge on any atom is -0.370 e. The predicted molar refractivity (Wildman–Crippen MR) is 120 cm³/mol. The summed E-state index contributed by atoms with van der Waals surface area (Å²) in [6.45, 7) is 3.72. The number of carbonyl (C=O) groups excluding carboxylic acids is 3. The van der Waals surface area contributed by atoms with Gasteiger partial charge < -0.3 is 15.5 Å². The second kappa shape index (κ2) is 9.89. The highest BCUT2D eigenvalue weighted by Gasteiger charge is 2.32. The lowest BCUT2D eigenvalue weighted by Gasteiger charge is -2.39. The average Bonchev–Trinajstić information content (AvgIpc) is 2.75. The van der Waals surface area contributed by atoms with E-state index in [1.54, 1.807) is 23.4 Å². The third-order valence-corrected chi connectivity index (χ3v) is 5.98. The number of fused-ring (bicyclic) bond motifs is 1. The van der Waals surface area contributed by atoms with E-state index in [2.05, 4.69) is 27.8 Å². The molecular weight excluding hydrogens is 406 g/mol. The van der Waals surface area contributed by atoms with Crippen molar-refractivity contribution in [3.8, 4) is 0 Å². The zero-order chi connectivity index (χ0) is 22.5. The van der Waals surface area contributed by atoms with Crippen LogP contribution < -0.4 is 10.6 Å². The van der Waals surface area contributed by atoms with Crippen LogP contribution in [0.1, 0.15) is 49.0 Å². The number of rotatable bonds is 8. The molecule has 0 spiro atoms. The number of Topliss-reactive ketones (excluding diaryl/α,β-unsaturated/α-hetero) is 1. The Morgan fingerprint density at radius 3 is 2.84 bits per heavy atom. The van der Waals surface area contributed by atoms with E-state index < -0.39 is 6.04 Å². The number of carbonyl (C=O) groups is 3. The maximum Gasteiger partial charge on any atom is 0.232 e. The fraction of sp³-hybridized carbons (Fsp3) is 0.458. The van der Waals surface area contributed by atoms with Crippen LogP contribution in [0.5, 0.6) is 0 Å².